The zero-order valence-corrected chi connectivity index (χ0v) is 18.5. The number of nitrogens with zero attached hydrogens (tertiary/aromatic N) is 3. The number of amidine groups is 1. The van der Waals surface area contributed by atoms with Crippen LogP contribution in [0, 0.1) is 11.7 Å². The van der Waals surface area contributed by atoms with E-state index in [1.165, 1.54) is 54.7 Å². The van der Waals surface area contributed by atoms with Gasteiger partial charge in [-0.2, -0.15) is 13.5 Å². The summed E-state index contributed by atoms with van der Waals surface area (Å²) in [6.07, 6.45) is 1.46. The van der Waals surface area contributed by atoms with Gasteiger partial charge in [-0.3, -0.25) is 0 Å². The fourth-order valence-corrected chi connectivity index (χ4v) is 4.18. The van der Waals surface area contributed by atoms with E-state index in [9.17, 15) is 17.6 Å². The molecule has 32 heavy (non-hydrogen) atoms. The van der Waals surface area contributed by atoms with E-state index in [-0.39, 0.29) is 28.1 Å². The number of rotatable bonds is 8. The summed E-state index contributed by atoms with van der Waals surface area (Å²) in [5, 5.41) is 14.6. The third-order valence-corrected chi connectivity index (χ3v) is 5.65. The van der Waals surface area contributed by atoms with Crippen LogP contribution in [0.1, 0.15) is 25.0 Å². The molecule has 0 saturated carbocycles. The maximum Gasteiger partial charge on any atom is 0.341 e. The Morgan fingerprint density at radius 3 is 2.69 bits per heavy atom. The van der Waals surface area contributed by atoms with Crippen molar-refractivity contribution in [1.82, 2.24) is 5.01 Å². The number of carbonyl (C=O) groups is 1. The molecule has 2 aromatic rings. The third kappa shape index (κ3) is 5.22. The largest absolute Gasteiger partial charge is 0.494 e. The summed E-state index contributed by atoms with van der Waals surface area (Å²) in [5.74, 6) is -1.29. The Balaban J connectivity index is 1.96. The average Bonchev–Trinajstić information content (AvgIpc) is 3.00. The van der Waals surface area contributed by atoms with E-state index in [4.69, 9.17) is 14.6 Å². The molecule has 11 heteroatoms. The number of methoxy groups -OCH3 is 1. The van der Waals surface area contributed by atoms with Crippen LogP contribution in [0.3, 0.4) is 0 Å². The number of benzene rings is 2. The highest BCUT2D eigenvalue weighted by molar-refractivity contribution is 7.90. The van der Waals surface area contributed by atoms with E-state index < -0.39 is 28.4 Å². The molecule has 9 nitrogen and oxygen atoms in total. The van der Waals surface area contributed by atoms with Gasteiger partial charge in [-0.05, 0) is 35.7 Å². The third-order valence-electron chi connectivity index (χ3n) is 4.34. The Morgan fingerprint density at radius 2 is 2.03 bits per heavy atom. The molecule has 0 fully saturated rings. The van der Waals surface area contributed by atoms with Gasteiger partial charge in [0.25, 0.3) is 10.0 Å². The smallest absolute Gasteiger partial charge is 0.341 e. The first-order chi connectivity index (χ1) is 15.1. The fraction of sp³-hybridized carbons (Fsp3) is 0.286. The number of hydrogen-bond donors (Lipinski definition) is 1. The zero-order valence-electron chi connectivity index (χ0n) is 17.6. The van der Waals surface area contributed by atoms with Crippen LogP contribution in [-0.4, -0.2) is 56.8 Å². The van der Waals surface area contributed by atoms with Crippen LogP contribution in [0.15, 0.2) is 50.8 Å². The molecule has 3 rings (SSSR count). The second-order valence-corrected chi connectivity index (χ2v) is 8.92. The van der Waals surface area contributed by atoms with Crippen molar-refractivity contribution in [1.29, 1.82) is 0 Å². The van der Waals surface area contributed by atoms with Gasteiger partial charge in [0, 0.05) is 18.2 Å². The van der Waals surface area contributed by atoms with Crippen molar-refractivity contribution in [2.45, 2.75) is 18.7 Å². The van der Waals surface area contributed by atoms with Crippen molar-refractivity contribution in [2.24, 2.45) is 15.4 Å². The number of aliphatic carboxylic acids is 1. The number of carboxylic acids is 1. The Hall–Kier alpha value is -3.47. The number of sulfonamides is 1. The summed E-state index contributed by atoms with van der Waals surface area (Å²) in [7, 11) is -2.67. The number of fused-ring (bicyclic) bond motifs is 1. The maximum atomic E-state index is 13.7. The molecule has 1 N–H and O–H groups in total. The molecule has 0 bridgehead atoms. The van der Waals surface area contributed by atoms with E-state index in [0.717, 1.165) is 0 Å². The van der Waals surface area contributed by atoms with Gasteiger partial charge in [0.2, 0.25) is 0 Å². The molecule has 1 heterocycles. The van der Waals surface area contributed by atoms with Crippen molar-refractivity contribution >= 4 is 28.0 Å². The predicted octanol–water partition coefficient (Wildman–Crippen LogP) is 2.74. The molecule has 0 unspecified atom stereocenters. The molecule has 1 aliphatic heterocycles. The quantitative estimate of drug-likeness (QED) is 0.472. The van der Waals surface area contributed by atoms with Gasteiger partial charge in [-0.15, -0.1) is 4.40 Å². The summed E-state index contributed by atoms with van der Waals surface area (Å²) in [5.41, 5.74) is 0.873. The molecule has 0 radical (unpaired) electrons. The van der Waals surface area contributed by atoms with Crippen LogP contribution in [0.25, 0.3) is 0 Å². The van der Waals surface area contributed by atoms with Gasteiger partial charge < -0.3 is 14.6 Å². The van der Waals surface area contributed by atoms with Crippen molar-refractivity contribution < 1.29 is 32.2 Å². The number of hydrogen-bond acceptors (Lipinski definition) is 7. The minimum atomic E-state index is -4.02. The minimum absolute atomic E-state index is 0.0596. The van der Waals surface area contributed by atoms with Crippen molar-refractivity contribution in [2.75, 3.05) is 20.3 Å². The standard InChI is InChI=1S/C21H22FN3O6S/c1-13(2)11-25(23-10-14-4-7-17(22)18(8-14)30-3)21-16-6-5-15(31-12-20(26)27)9-19(16)32(28,29)24-21/h4-10,13H,11-12H2,1-3H3,(H,26,27)/b23-10+. The summed E-state index contributed by atoms with van der Waals surface area (Å²) in [4.78, 5) is 10.6. The Labute approximate surface area is 184 Å². The van der Waals surface area contributed by atoms with E-state index in [0.29, 0.717) is 17.7 Å². The minimum Gasteiger partial charge on any atom is -0.494 e. The summed E-state index contributed by atoms with van der Waals surface area (Å²) in [6.45, 7) is 3.64. The first-order valence-electron chi connectivity index (χ1n) is 9.59. The highest BCUT2D eigenvalue weighted by Crippen LogP contribution is 2.31. The lowest BCUT2D eigenvalue weighted by Crippen LogP contribution is -2.29. The van der Waals surface area contributed by atoms with Gasteiger partial charge in [0.05, 0.1) is 13.3 Å². The molecule has 0 saturated heterocycles. The average molecular weight is 463 g/mol. The first kappa shape index (κ1) is 23.2. The van der Waals surface area contributed by atoms with E-state index in [1.54, 1.807) is 0 Å². The lowest BCUT2D eigenvalue weighted by molar-refractivity contribution is -0.139. The normalized spacial score (nSPS) is 14.3. The number of ether oxygens (including phenoxy) is 2. The molecule has 1 aliphatic rings. The highest BCUT2D eigenvalue weighted by Gasteiger charge is 2.33. The van der Waals surface area contributed by atoms with Crippen LogP contribution < -0.4 is 9.47 Å². The lowest BCUT2D eigenvalue weighted by atomic mass is 10.1. The molecular formula is C21H22FN3O6S. The van der Waals surface area contributed by atoms with Gasteiger partial charge >= 0.3 is 5.97 Å². The summed E-state index contributed by atoms with van der Waals surface area (Å²) in [6, 6.07) is 8.45. The van der Waals surface area contributed by atoms with Gasteiger partial charge in [-0.1, -0.05) is 19.9 Å². The zero-order chi connectivity index (χ0) is 23.5. The molecular weight excluding hydrogens is 441 g/mol. The van der Waals surface area contributed by atoms with Gasteiger partial charge in [0.15, 0.2) is 24.0 Å². The second-order valence-electron chi connectivity index (χ2n) is 7.34. The number of carboxylic acid groups (broad SMARTS) is 1. The van der Waals surface area contributed by atoms with Crippen LogP contribution in [-0.2, 0) is 14.8 Å². The maximum absolute atomic E-state index is 13.7. The van der Waals surface area contributed by atoms with Crippen molar-refractivity contribution in [3.63, 3.8) is 0 Å². The molecule has 0 aliphatic carbocycles. The van der Waals surface area contributed by atoms with Crippen molar-refractivity contribution in [3.8, 4) is 11.5 Å². The topological polar surface area (TPSA) is 118 Å². The van der Waals surface area contributed by atoms with Gasteiger partial charge in [-0.25, -0.2) is 14.2 Å². The number of hydrazone groups is 1. The van der Waals surface area contributed by atoms with Crippen LogP contribution >= 0.6 is 0 Å². The Kier molecular flexibility index (Phi) is 6.78. The van der Waals surface area contributed by atoms with E-state index in [1.807, 2.05) is 13.8 Å². The van der Waals surface area contributed by atoms with E-state index in [2.05, 4.69) is 9.50 Å². The Morgan fingerprint density at radius 1 is 1.28 bits per heavy atom. The first-order valence-corrected chi connectivity index (χ1v) is 11.0. The molecule has 2 aromatic carbocycles. The van der Waals surface area contributed by atoms with Crippen molar-refractivity contribution in [3.05, 3.63) is 53.3 Å². The molecule has 0 aromatic heterocycles. The van der Waals surface area contributed by atoms with Crippen LogP contribution in [0.2, 0.25) is 0 Å². The summed E-state index contributed by atoms with van der Waals surface area (Å²) >= 11 is 0. The molecule has 0 atom stereocenters. The van der Waals surface area contributed by atoms with Crippen LogP contribution in [0.4, 0.5) is 4.39 Å². The Bertz CT molecular complexity index is 1190. The summed E-state index contributed by atoms with van der Waals surface area (Å²) < 4.78 is 52.9. The van der Waals surface area contributed by atoms with Crippen LogP contribution in [0.5, 0.6) is 11.5 Å². The monoisotopic (exact) mass is 463 g/mol. The van der Waals surface area contributed by atoms with Gasteiger partial charge in [0.1, 0.15) is 10.6 Å². The number of halogens is 1. The van der Waals surface area contributed by atoms with E-state index >= 15 is 0 Å². The molecule has 0 spiro atoms. The fourth-order valence-electron chi connectivity index (χ4n) is 2.96. The highest BCUT2D eigenvalue weighted by atomic mass is 32.2. The SMILES string of the molecule is COc1cc(/C=N/N(CC(C)C)C2=NS(=O)(=O)c3cc(OCC(=O)O)ccc32)ccc1F. The molecule has 0 amide bonds. The molecule has 170 valence electrons. The predicted molar refractivity (Wildman–Crippen MR) is 115 cm³/mol. The second kappa shape index (κ2) is 9.35. The lowest BCUT2D eigenvalue weighted by Gasteiger charge is -2.21.